The van der Waals surface area contributed by atoms with Crippen LogP contribution < -0.4 is 5.32 Å². The van der Waals surface area contributed by atoms with E-state index in [2.05, 4.69) is 21.3 Å². The first-order chi connectivity index (χ1) is 24.0. The molecule has 1 aromatic carbocycles. The van der Waals surface area contributed by atoms with Crippen molar-refractivity contribution in [1.29, 1.82) is 0 Å². The van der Waals surface area contributed by atoms with E-state index in [-0.39, 0.29) is 24.1 Å². The molecule has 1 N–H and O–H groups in total. The fourth-order valence-corrected chi connectivity index (χ4v) is 8.36. The molecular formula is C35H42ClN7O6S. The zero-order chi connectivity index (χ0) is 35.2. The number of aryl methyl sites for hydroxylation is 1. The summed E-state index contributed by atoms with van der Waals surface area (Å²) >= 11 is 6.70. The largest absolute Gasteiger partial charge is 0.446 e. The highest BCUT2D eigenvalue weighted by atomic mass is 35.5. The van der Waals surface area contributed by atoms with Crippen LogP contribution in [0.2, 0.25) is 5.02 Å². The first-order valence-corrected chi connectivity index (χ1v) is 19.1. The van der Waals surface area contributed by atoms with Gasteiger partial charge in [0.1, 0.15) is 11.7 Å². The molecule has 0 spiro atoms. The van der Waals surface area contributed by atoms with Gasteiger partial charge in [-0.1, -0.05) is 23.7 Å². The molecule has 3 aromatic rings. The van der Waals surface area contributed by atoms with E-state index in [0.29, 0.717) is 70.0 Å². The van der Waals surface area contributed by atoms with Crippen LogP contribution in [0.25, 0.3) is 11.6 Å². The predicted octanol–water partition coefficient (Wildman–Crippen LogP) is 3.63. The molecule has 2 amide bonds. The van der Waals surface area contributed by atoms with Crippen molar-refractivity contribution in [2.24, 2.45) is 7.05 Å². The smallest absolute Gasteiger partial charge is 0.410 e. The molecule has 2 saturated heterocycles. The third-order valence-electron chi connectivity index (χ3n) is 10.4. The third-order valence-corrected chi connectivity index (χ3v) is 11.9. The fourth-order valence-electron chi connectivity index (χ4n) is 7.32. The van der Waals surface area contributed by atoms with Gasteiger partial charge in [0.25, 0.3) is 5.91 Å². The number of pyridine rings is 1. The Morgan fingerprint density at radius 1 is 1.08 bits per heavy atom. The van der Waals surface area contributed by atoms with Crippen molar-refractivity contribution in [2.45, 2.75) is 49.5 Å². The Labute approximate surface area is 297 Å². The number of sulfonamides is 1. The van der Waals surface area contributed by atoms with Gasteiger partial charge in [0.05, 0.1) is 42.3 Å². The summed E-state index contributed by atoms with van der Waals surface area (Å²) in [6, 6.07) is 8.97. The second-order valence-corrected chi connectivity index (χ2v) is 15.9. The summed E-state index contributed by atoms with van der Waals surface area (Å²) in [6.07, 6.45) is 10.1. The van der Waals surface area contributed by atoms with E-state index in [1.165, 1.54) is 10.6 Å². The number of hydrogen-bond acceptors (Lipinski definition) is 9. The number of ether oxygens (including phenoxy) is 2. The lowest BCUT2D eigenvalue weighted by molar-refractivity contribution is -0.134. The average Bonchev–Trinajstić information content (AvgIpc) is 3.83. The second kappa shape index (κ2) is 13.7. The summed E-state index contributed by atoms with van der Waals surface area (Å²) in [4.78, 5) is 40.3. The van der Waals surface area contributed by atoms with Gasteiger partial charge in [0.15, 0.2) is 0 Å². The van der Waals surface area contributed by atoms with E-state index in [4.69, 9.17) is 26.1 Å². The number of aromatic nitrogens is 3. The van der Waals surface area contributed by atoms with Gasteiger partial charge in [-0.3, -0.25) is 14.7 Å². The van der Waals surface area contributed by atoms with Gasteiger partial charge >= 0.3 is 6.09 Å². The number of piperidine rings is 1. The molecule has 4 heterocycles. The number of piperazine rings is 1. The summed E-state index contributed by atoms with van der Waals surface area (Å²) < 4.78 is 38.6. The van der Waals surface area contributed by atoms with E-state index in [9.17, 15) is 18.0 Å². The Balaban J connectivity index is 1.16. The molecule has 2 atom stereocenters. The van der Waals surface area contributed by atoms with Crippen LogP contribution >= 0.6 is 11.6 Å². The van der Waals surface area contributed by atoms with Crippen LogP contribution in [0.1, 0.15) is 65.8 Å². The zero-order valence-electron chi connectivity index (χ0n) is 28.4. The van der Waals surface area contributed by atoms with Crippen LogP contribution in [0.5, 0.6) is 0 Å². The van der Waals surface area contributed by atoms with Crippen molar-refractivity contribution in [2.75, 3.05) is 52.6 Å². The first kappa shape index (κ1) is 34.6. The van der Waals surface area contributed by atoms with Crippen LogP contribution in [-0.2, 0) is 31.3 Å². The molecule has 50 heavy (non-hydrogen) atoms. The number of nitrogens with zero attached hydrogens (tertiary/aromatic N) is 6. The van der Waals surface area contributed by atoms with E-state index < -0.39 is 21.7 Å². The molecule has 2 aliphatic heterocycles. The summed E-state index contributed by atoms with van der Waals surface area (Å²) in [6.45, 7) is 2.73. The van der Waals surface area contributed by atoms with Crippen LogP contribution in [0.4, 0.5) is 4.79 Å². The number of rotatable bonds is 8. The van der Waals surface area contributed by atoms with E-state index in [1.54, 1.807) is 30.7 Å². The molecule has 4 aliphatic rings. The zero-order valence-corrected chi connectivity index (χ0v) is 30.0. The van der Waals surface area contributed by atoms with Crippen molar-refractivity contribution in [3.63, 3.8) is 0 Å². The molecule has 2 unspecified atom stereocenters. The Kier molecular flexibility index (Phi) is 9.50. The number of nitrogens with one attached hydrogen (secondary N) is 1. The van der Waals surface area contributed by atoms with E-state index in [1.807, 2.05) is 41.9 Å². The van der Waals surface area contributed by atoms with Crippen molar-refractivity contribution in [3.05, 3.63) is 82.2 Å². The summed E-state index contributed by atoms with van der Waals surface area (Å²) in [5, 5.41) is 3.86. The third kappa shape index (κ3) is 6.79. The normalized spacial score (nSPS) is 21.7. The molecule has 15 heteroatoms. The monoisotopic (exact) mass is 723 g/mol. The maximum absolute atomic E-state index is 13.7. The molecule has 2 aromatic heterocycles. The minimum atomic E-state index is -3.26. The fraction of sp³-hybridized carbons (Fsp3) is 0.486. The molecule has 3 fully saturated rings. The molecule has 0 radical (unpaired) electrons. The lowest BCUT2D eigenvalue weighted by atomic mass is 9.89. The number of fused-ring (bicyclic) bond motifs is 2. The quantitative estimate of drug-likeness (QED) is 0.369. The number of benzene rings is 1. The molecule has 7 rings (SSSR count). The van der Waals surface area contributed by atoms with Gasteiger partial charge in [-0.25, -0.2) is 22.5 Å². The van der Waals surface area contributed by atoms with Gasteiger partial charge < -0.3 is 24.3 Å². The van der Waals surface area contributed by atoms with Gasteiger partial charge in [-0.15, -0.1) is 0 Å². The first-order valence-electron chi connectivity index (χ1n) is 16.9. The standard InChI is InChI=1S/C35H42ClN7O6S/c1-40-22-37-21-29(40)31(39-33(44)35(48-2)10-11-35)28-19-23-5-4-12-38-30(23)32(26-7-6-24(36)20-27(26)28)41-15-17-42(18-16-41)34(45)49-25-8-13-43(14-9-25)50(3,46)47/h4-7,12,19-22,25,31-32H,8-11,13-18H2,1-3H3,(H,39,44). The number of halogens is 1. The highest BCUT2D eigenvalue weighted by molar-refractivity contribution is 7.88. The number of methoxy groups -OCH3 is 1. The van der Waals surface area contributed by atoms with Crippen LogP contribution in [0.3, 0.4) is 0 Å². The van der Waals surface area contributed by atoms with Gasteiger partial charge in [0, 0.05) is 64.6 Å². The topological polar surface area (TPSA) is 139 Å². The molecule has 2 aliphatic carbocycles. The van der Waals surface area contributed by atoms with Crippen LogP contribution in [-0.4, -0.2) is 113 Å². The molecule has 1 saturated carbocycles. The predicted molar refractivity (Wildman–Crippen MR) is 188 cm³/mol. The van der Waals surface area contributed by atoms with Crippen LogP contribution in [0, 0.1) is 0 Å². The Morgan fingerprint density at radius 3 is 2.46 bits per heavy atom. The van der Waals surface area contributed by atoms with Crippen molar-refractivity contribution < 1.29 is 27.5 Å². The highest BCUT2D eigenvalue weighted by Crippen LogP contribution is 2.46. The second-order valence-electron chi connectivity index (χ2n) is 13.5. The number of hydrogen-bond donors (Lipinski definition) is 1. The summed E-state index contributed by atoms with van der Waals surface area (Å²) in [5.41, 5.74) is 4.47. The summed E-state index contributed by atoms with van der Waals surface area (Å²) in [5.74, 6) is -0.174. The van der Waals surface area contributed by atoms with Crippen molar-refractivity contribution in [1.82, 2.24) is 34.0 Å². The SMILES string of the molecule is COC1(C(=O)NC(C2=Cc3cccnc3C(N3CCN(C(=O)OC4CCN(S(C)(=O)=O)CC4)CC3)c3ccc(Cl)cc32)c2cncn2C)CC1. The number of imidazole rings is 1. The average molecular weight is 724 g/mol. The van der Waals surface area contributed by atoms with Gasteiger partial charge in [-0.05, 0) is 72.2 Å². The molecule has 266 valence electrons. The molecule has 0 bridgehead atoms. The minimum absolute atomic E-state index is 0.174. The van der Waals surface area contributed by atoms with E-state index >= 15 is 0 Å². The lowest BCUT2D eigenvalue weighted by Crippen LogP contribution is -2.51. The summed E-state index contributed by atoms with van der Waals surface area (Å²) in [7, 11) is 0.215. The van der Waals surface area contributed by atoms with Crippen molar-refractivity contribution in [3.8, 4) is 0 Å². The van der Waals surface area contributed by atoms with Gasteiger partial charge in [-0.2, -0.15) is 0 Å². The number of carbonyl (C=O) groups excluding carboxylic acids is 2. The maximum Gasteiger partial charge on any atom is 0.410 e. The van der Waals surface area contributed by atoms with Gasteiger partial charge in [0.2, 0.25) is 10.0 Å². The number of carbonyl (C=O) groups is 2. The van der Waals surface area contributed by atoms with Crippen molar-refractivity contribution >= 4 is 45.3 Å². The Morgan fingerprint density at radius 2 is 1.82 bits per heavy atom. The molecular weight excluding hydrogens is 682 g/mol. The highest BCUT2D eigenvalue weighted by Gasteiger charge is 2.51. The Hall–Kier alpha value is -3.82. The number of amides is 2. The van der Waals surface area contributed by atoms with Crippen LogP contribution in [0.15, 0.2) is 49.1 Å². The van der Waals surface area contributed by atoms with E-state index in [0.717, 1.165) is 33.7 Å². The minimum Gasteiger partial charge on any atom is -0.446 e. The molecule has 13 nitrogen and oxygen atoms in total. The Bertz CT molecular complexity index is 1910. The lowest BCUT2D eigenvalue weighted by Gasteiger charge is -2.40. The maximum atomic E-state index is 13.7.